The van der Waals surface area contributed by atoms with Crippen molar-refractivity contribution in [3.63, 3.8) is 0 Å². The minimum Gasteiger partial charge on any atom is -0.352 e. The van der Waals surface area contributed by atoms with Crippen LogP contribution in [0.1, 0.15) is 59.4 Å². The molecular formula is C31H39ClN6O2. The van der Waals surface area contributed by atoms with Gasteiger partial charge in [-0.3, -0.25) is 9.78 Å². The maximum Gasteiger partial charge on any atom is 0.253 e. The van der Waals surface area contributed by atoms with E-state index in [0.717, 1.165) is 43.6 Å². The van der Waals surface area contributed by atoms with Crippen LogP contribution in [0.15, 0.2) is 60.9 Å². The summed E-state index contributed by atoms with van der Waals surface area (Å²) in [5.74, 6) is -0.0850. The summed E-state index contributed by atoms with van der Waals surface area (Å²) in [6, 6.07) is 17.3. The SMILES string of the molecule is Cc1cc(Cl)nc(C)c1C(=O)NCC[C@H](C)N1CCC(N2C(Nc3cccnc3)OCC2c2ccccc2)CC1. The maximum atomic E-state index is 12.8. The highest BCUT2D eigenvalue weighted by molar-refractivity contribution is 6.29. The van der Waals surface area contributed by atoms with Crippen molar-refractivity contribution in [1.29, 1.82) is 0 Å². The van der Waals surface area contributed by atoms with E-state index in [0.29, 0.717) is 41.6 Å². The van der Waals surface area contributed by atoms with Gasteiger partial charge in [-0.05, 0) is 82.4 Å². The summed E-state index contributed by atoms with van der Waals surface area (Å²) >= 11 is 6.03. The number of carbonyl (C=O) groups excluding carboxylic acids is 1. The zero-order valence-corrected chi connectivity index (χ0v) is 24.3. The lowest BCUT2D eigenvalue weighted by atomic mass is 9.97. The Hall–Kier alpha value is -3.04. The van der Waals surface area contributed by atoms with Crippen LogP contribution in [0, 0.1) is 13.8 Å². The number of amides is 1. The van der Waals surface area contributed by atoms with Crippen molar-refractivity contribution in [3.8, 4) is 0 Å². The molecule has 2 unspecified atom stereocenters. The first kappa shape index (κ1) is 28.5. The second kappa shape index (κ2) is 13.1. The zero-order valence-electron chi connectivity index (χ0n) is 23.5. The zero-order chi connectivity index (χ0) is 28.1. The molecule has 2 aliphatic rings. The third-order valence-electron chi connectivity index (χ3n) is 8.16. The Bertz CT molecular complexity index is 1250. The quantitative estimate of drug-likeness (QED) is 0.347. The maximum absolute atomic E-state index is 12.8. The average Bonchev–Trinajstić information content (AvgIpc) is 3.37. The van der Waals surface area contributed by atoms with Crippen molar-refractivity contribution in [2.45, 2.75) is 64.5 Å². The summed E-state index contributed by atoms with van der Waals surface area (Å²) in [5.41, 5.74) is 4.37. The molecule has 3 aromatic rings. The number of anilines is 1. The van der Waals surface area contributed by atoms with E-state index < -0.39 is 0 Å². The number of benzene rings is 1. The van der Waals surface area contributed by atoms with Crippen molar-refractivity contribution in [2.24, 2.45) is 0 Å². The van der Waals surface area contributed by atoms with Gasteiger partial charge in [-0.25, -0.2) is 9.88 Å². The van der Waals surface area contributed by atoms with Gasteiger partial charge in [-0.2, -0.15) is 0 Å². The number of ether oxygens (including phenoxy) is 1. The fraction of sp³-hybridized carbons (Fsp3) is 0.452. The number of rotatable bonds is 9. The lowest BCUT2D eigenvalue weighted by molar-refractivity contribution is 0.00228. The number of aromatic nitrogens is 2. The molecule has 2 fully saturated rings. The van der Waals surface area contributed by atoms with Crippen LogP contribution in [0.5, 0.6) is 0 Å². The largest absolute Gasteiger partial charge is 0.352 e. The number of nitrogens with one attached hydrogen (secondary N) is 2. The Morgan fingerprint density at radius 2 is 1.93 bits per heavy atom. The van der Waals surface area contributed by atoms with E-state index in [-0.39, 0.29) is 18.3 Å². The average molecular weight is 563 g/mol. The van der Waals surface area contributed by atoms with E-state index in [1.54, 1.807) is 12.3 Å². The van der Waals surface area contributed by atoms with Gasteiger partial charge >= 0.3 is 0 Å². The van der Waals surface area contributed by atoms with Crippen LogP contribution in [0.25, 0.3) is 0 Å². The van der Waals surface area contributed by atoms with Crippen LogP contribution in [0.4, 0.5) is 5.69 Å². The molecule has 0 radical (unpaired) electrons. The Morgan fingerprint density at radius 1 is 1.15 bits per heavy atom. The molecule has 0 bridgehead atoms. The molecule has 8 nitrogen and oxygen atoms in total. The second-order valence-corrected chi connectivity index (χ2v) is 11.2. The summed E-state index contributed by atoms with van der Waals surface area (Å²) < 4.78 is 6.32. The summed E-state index contributed by atoms with van der Waals surface area (Å²) in [6.45, 7) is 9.27. The first-order valence-corrected chi connectivity index (χ1v) is 14.5. The highest BCUT2D eigenvalue weighted by Crippen LogP contribution is 2.36. The molecule has 1 amide bonds. The number of piperidine rings is 1. The molecule has 0 saturated carbocycles. The molecule has 0 aliphatic carbocycles. The van der Waals surface area contributed by atoms with Crippen LogP contribution in [-0.2, 0) is 4.74 Å². The van der Waals surface area contributed by atoms with E-state index in [1.165, 1.54) is 5.56 Å². The molecule has 2 N–H and O–H groups in total. The molecule has 1 aromatic carbocycles. The number of nitrogens with zero attached hydrogens (tertiary/aromatic N) is 4. The van der Waals surface area contributed by atoms with Crippen molar-refractivity contribution < 1.29 is 9.53 Å². The van der Waals surface area contributed by atoms with E-state index in [4.69, 9.17) is 16.3 Å². The van der Waals surface area contributed by atoms with Crippen molar-refractivity contribution in [2.75, 3.05) is 31.6 Å². The normalized spacial score (nSPS) is 21.3. The van der Waals surface area contributed by atoms with Gasteiger partial charge in [0.15, 0.2) is 6.35 Å². The van der Waals surface area contributed by atoms with Crippen LogP contribution in [-0.4, -0.2) is 70.4 Å². The summed E-state index contributed by atoms with van der Waals surface area (Å²) in [6.07, 6.45) is 6.43. The highest BCUT2D eigenvalue weighted by atomic mass is 35.5. The van der Waals surface area contributed by atoms with Gasteiger partial charge in [0.1, 0.15) is 5.15 Å². The summed E-state index contributed by atoms with van der Waals surface area (Å²) in [7, 11) is 0. The van der Waals surface area contributed by atoms with Gasteiger partial charge < -0.3 is 20.3 Å². The fourth-order valence-electron chi connectivity index (χ4n) is 6.03. The molecule has 0 spiro atoms. The predicted octanol–water partition coefficient (Wildman–Crippen LogP) is 5.19. The minimum atomic E-state index is -0.201. The standard InChI is InChI=1S/C31H39ClN6O2/c1-21-18-28(32)35-23(3)29(21)30(39)34-15-11-22(2)37-16-12-26(13-17-37)38-27(24-8-5-4-6-9-24)20-40-31(38)36-25-10-7-14-33-19-25/h4-10,14,18-19,22,26-27,31,36H,11-13,15-17,20H2,1-3H3,(H,34,39)/t22-,27?,31?/m0/s1. The van der Waals surface area contributed by atoms with Crippen molar-refractivity contribution in [3.05, 3.63) is 88.5 Å². The van der Waals surface area contributed by atoms with E-state index in [2.05, 4.69) is 67.7 Å². The molecule has 4 heterocycles. The monoisotopic (exact) mass is 562 g/mol. The first-order chi connectivity index (χ1) is 19.4. The second-order valence-electron chi connectivity index (χ2n) is 10.8. The third kappa shape index (κ3) is 6.63. The van der Waals surface area contributed by atoms with Crippen molar-refractivity contribution in [1.82, 2.24) is 25.1 Å². The molecule has 40 heavy (non-hydrogen) atoms. The number of halogens is 1. The highest BCUT2D eigenvalue weighted by Gasteiger charge is 2.41. The number of pyridine rings is 2. The van der Waals surface area contributed by atoms with Crippen molar-refractivity contribution >= 4 is 23.2 Å². The smallest absolute Gasteiger partial charge is 0.253 e. The van der Waals surface area contributed by atoms with Gasteiger partial charge in [0.25, 0.3) is 5.91 Å². The van der Waals surface area contributed by atoms with Gasteiger partial charge in [-0.1, -0.05) is 41.9 Å². The Kier molecular flexibility index (Phi) is 9.32. The molecule has 2 aromatic heterocycles. The molecule has 2 saturated heterocycles. The van der Waals surface area contributed by atoms with Gasteiger partial charge in [0.2, 0.25) is 0 Å². The van der Waals surface area contributed by atoms with Gasteiger partial charge in [0.05, 0.1) is 35.8 Å². The number of hydrogen-bond donors (Lipinski definition) is 2. The molecule has 212 valence electrons. The number of hydrogen-bond acceptors (Lipinski definition) is 7. The van der Waals surface area contributed by atoms with Gasteiger partial charge in [-0.15, -0.1) is 0 Å². The molecule has 9 heteroatoms. The summed E-state index contributed by atoms with van der Waals surface area (Å²) in [4.78, 5) is 26.4. The van der Waals surface area contributed by atoms with E-state index in [9.17, 15) is 4.79 Å². The molecule has 2 aliphatic heterocycles. The van der Waals surface area contributed by atoms with Gasteiger partial charge in [0, 0.05) is 24.8 Å². The summed E-state index contributed by atoms with van der Waals surface area (Å²) in [5, 5.41) is 7.07. The lowest BCUT2D eigenvalue weighted by Gasteiger charge is -2.42. The predicted molar refractivity (Wildman–Crippen MR) is 158 cm³/mol. The Labute approximate surface area is 242 Å². The minimum absolute atomic E-state index is 0.0850. The molecular weight excluding hydrogens is 524 g/mol. The first-order valence-electron chi connectivity index (χ1n) is 14.2. The number of carbonyl (C=O) groups is 1. The van der Waals surface area contributed by atoms with E-state index >= 15 is 0 Å². The van der Waals surface area contributed by atoms with Crippen LogP contribution in [0.3, 0.4) is 0 Å². The molecule has 3 atom stereocenters. The topological polar surface area (TPSA) is 82.6 Å². The fourth-order valence-corrected chi connectivity index (χ4v) is 6.32. The van der Waals surface area contributed by atoms with Crippen LogP contribution < -0.4 is 10.6 Å². The Balaban J connectivity index is 1.17. The lowest BCUT2D eigenvalue weighted by Crippen LogP contribution is -2.51. The number of likely N-dealkylation sites (tertiary alicyclic amines) is 1. The molecule has 5 rings (SSSR count). The van der Waals surface area contributed by atoms with E-state index in [1.807, 2.05) is 32.2 Å². The third-order valence-corrected chi connectivity index (χ3v) is 8.36. The number of aryl methyl sites for hydroxylation is 2. The Morgan fingerprint density at radius 3 is 2.62 bits per heavy atom. The van der Waals surface area contributed by atoms with Crippen LogP contribution >= 0.6 is 11.6 Å². The van der Waals surface area contributed by atoms with Crippen LogP contribution in [0.2, 0.25) is 5.15 Å².